The summed E-state index contributed by atoms with van der Waals surface area (Å²) in [7, 11) is 0. The fraction of sp³-hybridized carbons (Fsp3) is 0.0909. The third-order valence-corrected chi connectivity index (χ3v) is 3.11. The summed E-state index contributed by atoms with van der Waals surface area (Å²) in [5.41, 5.74) is -1.84. The van der Waals surface area contributed by atoms with Crippen molar-refractivity contribution >= 4 is 17.5 Å². The first-order valence-electron chi connectivity index (χ1n) is 4.77. The monoisotopic (exact) mass is 273 g/mol. The summed E-state index contributed by atoms with van der Waals surface area (Å²) in [6, 6.07) is 7.78. The van der Waals surface area contributed by atoms with E-state index in [0.717, 1.165) is 0 Å². The molecular weight excluding hydrogens is 267 g/mol. The van der Waals surface area contributed by atoms with E-state index in [1.165, 1.54) is 12.1 Å². The molecule has 2 aromatic rings. The molecule has 3 nitrogen and oxygen atoms in total. The smallest absolute Gasteiger partial charge is 0.420 e. The lowest BCUT2D eigenvalue weighted by Gasteiger charge is -2.08. The predicted molar refractivity (Wildman–Crippen MR) is 59.5 cm³/mol. The molecule has 2 rings (SSSR count). The number of nitrogens with zero attached hydrogens (tertiary/aromatic N) is 1. The highest BCUT2D eigenvalue weighted by Crippen LogP contribution is 2.41. The molecule has 0 fully saturated rings. The van der Waals surface area contributed by atoms with Gasteiger partial charge in [-0.2, -0.15) is 17.5 Å². The fourth-order valence-electron chi connectivity index (χ4n) is 1.49. The second-order valence-corrected chi connectivity index (χ2v) is 4.18. The summed E-state index contributed by atoms with van der Waals surface area (Å²) in [6.07, 6.45) is -4.74. The topological polar surface area (TPSA) is 50.2 Å². The molecule has 7 heteroatoms. The Morgan fingerprint density at radius 2 is 1.83 bits per heavy atom. The van der Waals surface area contributed by atoms with Gasteiger partial charge in [-0.05, 0) is 17.1 Å². The largest absolute Gasteiger partial charge is 0.476 e. The van der Waals surface area contributed by atoms with E-state index in [1.54, 1.807) is 18.2 Å². The Labute approximate surface area is 104 Å². The maximum atomic E-state index is 12.9. The molecule has 0 aliphatic heterocycles. The highest BCUT2D eigenvalue weighted by Gasteiger charge is 2.41. The van der Waals surface area contributed by atoms with Gasteiger partial charge in [0, 0.05) is 0 Å². The van der Waals surface area contributed by atoms with Crippen LogP contribution in [0.3, 0.4) is 0 Å². The average Bonchev–Trinajstić information content (AvgIpc) is 2.74. The Bertz CT molecular complexity index is 578. The summed E-state index contributed by atoms with van der Waals surface area (Å²) >= 11 is 0.534. The minimum absolute atomic E-state index is 0.180. The number of alkyl halides is 3. The maximum absolute atomic E-state index is 12.9. The zero-order valence-corrected chi connectivity index (χ0v) is 9.55. The van der Waals surface area contributed by atoms with E-state index in [-0.39, 0.29) is 4.88 Å². The van der Waals surface area contributed by atoms with Crippen LogP contribution in [0, 0.1) is 0 Å². The molecule has 0 atom stereocenters. The first-order valence-corrected chi connectivity index (χ1v) is 5.54. The van der Waals surface area contributed by atoms with Crippen LogP contribution in [0.15, 0.2) is 30.3 Å². The van der Waals surface area contributed by atoms with Crippen molar-refractivity contribution in [3.63, 3.8) is 0 Å². The van der Waals surface area contributed by atoms with Crippen LogP contribution < -0.4 is 0 Å². The molecule has 0 aliphatic carbocycles. The van der Waals surface area contributed by atoms with E-state index in [1.807, 2.05) is 0 Å². The zero-order valence-electron chi connectivity index (χ0n) is 8.73. The molecule has 0 saturated heterocycles. The maximum Gasteiger partial charge on any atom is 0.420 e. The average molecular weight is 273 g/mol. The summed E-state index contributed by atoms with van der Waals surface area (Å²) < 4.78 is 42.1. The third kappa shape index (κ3) is 2.21. The van der Waals surface area contributed by atoms with E-state index in [0.29, 0.717) is 17.1 Å². The number of carboxylic acids is 1. The van der Waals surface area contributed by atoms with Crippen molar-refractivity contribution in [2.45, 2.75) is 6.18 Å². The second kappa shape index (κ2) is 4.41. The van der Waals surface area contributed by atoms with Crippen LogP contribution in [-0.4, -0.2) is 15.4 Å². The molecule has 1 heterocycles. The van der Waals surface area contributed by atoms with Crippen molar-refractivity contribution in [1.82, 2.24) is 4.37 Å². The molecule has 0 aliphatic rings. The van der Waals surface area contributed by atoms with Crippen LogP contribution >= 0.6 is 11.5 Å². The van der Waals surface area contributed by atoms with Crippen molar-refractivity contribution in [2.75, 3.05) is 0 Å². The molecular formula is C11H6F3NO2S. The normalized spacial score (nSPS) is 11.5. The van der Waals surface area contributed by atoms with Gasteiger partial charge in [0.05, 0.1) is 4.88 Å². The Kier molecular flexibility index (Phi) is 3.08. The van der Waals surface area contributed by atoms with Gasteiger partial charge in [-0.25, -0.2) is 4.79 Å². The first-order chi connectivity index (χ1) is 8.41. The van der Waals surface area contributed by atoms with Crippen LogP contribution in [0.1, 0.15) is 16.1 Å². The molecule has 0 spiro atoms. The van der Waals surface area contributed by atoms with Crippen molar-refractivity contribution in [2.24, 2.45) is 0 Å². The zero-order chi connectivity index (χ0) is 13.3. The Hall–Kier alpha value is -1.89. The van der Waals surface area contributed by atoms with Crippen LogP contribution in [0.25, 0.3) is 10.4 Å². The van der Waals surface area contributed by atoms with Crippen molar-refractivity contribution < 1.29 is 23.1 Å². The Balaban J connectivity index is 2.67. The summed E-state index contributed by atoms with van der Waals surface area (Å²) in [4.78, 5) is 10.6. The van der Waals surface area contributed by atoms with E-state index < -0.39 is 23.4 Å². The Morgan fingerprint density at radius 1 is 1.22 bits per heavy atom. The minimum atomic E-state index is -4.74. The standard InChI is InChI=1S/C11H6F3NO2S/c12-11(13,14)7-8(10(16)17)15-18-9(7)6-4-2-1-3-5-6/h1-5H,(H,16,17). The lowest BCUT2D eigenvalue weighted by molar-refractivity contribution is -0.137. The molecule has 1 N–H and O–H groups in total. The number of hydrogen-bond acceptors (Lipinski definition) is 3. The van der Waals surface area contributed by atoms with Gasteiger partial charge >= 0.3 is 12.1 Å². The quantitative estimate of drug-likeness (QED) is 0.910. The van der Waals surface area contributed by atoms with Gasteiger partial charge in [0.15, 0.2) is 5.69 Å². The van der Waals surface area contributed by atoms with Crippen LogP contribution in [0.2, 0.25) is 0 Å². The SMILES string of the molecule is O=C(O)c1nsc(-c2ccccc2)c1C(F)(F)F. The van der Waals surface area contributed by atoms with E-state index in [9.17, 15) is 18.0 Å². The molecule has 0 saturated carbocycles. The summed E-state index contributed by atoms with van der Waals surface area (Å²) in [5, 5.41) is 8.73. The van der Waals surface area contributed by atoms with Gasteiger partial charge in [-0.3, -0.25) is 0 Å². The van der Waals surface area contributed by atoms with Gasteiger partial charge in [0.2, 0.25) is 0 Å². The molecule has 0 radical (unpaired) electrons. The summed E-state index contributed by atoms with van der Waals surface area (Å²) in [6.45, 7) is 0. The molecule has 1 aromatic carbocycles. The summed E-state index contributed by atoms with van der Waals surface area (Å²) in [5.74, 6) is -1.68. The molecule has 0 bridgehead atoms. The van der Waals surface area contributed by atoms with Gasteiger partial charge in [0.1, 0.15) is 5.56 Å². The van der Waals surface area contributed by atoms with Gasteiger partial charge in [-0.15, -0.1) is 0 Å². The molecule has 0 amide bonds. The van der Waals surface area contributed by atoms with Crippen molar-refractivity contribution in [3.8, 4) is 10.4 Å². The van der Waals surface area contributed by atoms with Crippen LogP contribution in [-0.2, 0) is 6.18 Å². The predicted octanol–water partition coefficient (Wildman–Crippen LogP) is 3.53. The van der Waals surface area contributed by atoms with Gasteiger partial charge < -0.3 is 5.11 Å². The number of carbonyl (C=O) groups is 1. The lowest BCUT2D eigenvalue weighted by Crippen LogP contribution is -2.12. The van der Waals surface area contributed by atoms with Crippen molar-refractivity contribution in [3.05, 3.63) is 41.6 Å². The number of aromatic nitrogens is 1. The van der Waals surface area contributed by atoms with E-state index in [2.05, 4.69) is 4.37 Å². The third-order valence-electron chi connectivity index (χ3n) is 2.21. The number of hydrogen-bond donors (Lipinski definition) is 1. The number of aromatic carboxylic acids is 1. The highest BCUT2D eigenvalue weighted by atomic mass is 32.1. The van der Waals surface area contributed by atoms with Gasteiger partial charge in [0.25, 0.3) is 0 Å². The minimum Gasteiger partial charge on any atom is -0.476 e. The molecule has 1 aromatic heterocycles. The van der Waals surface area contributed by atoms with E-state index in [4.69, 9.17) is 5.11 Å². The second-order valence-electron chi connectivity index (χ2n) is 3.40. The highest BCUT2D eigenvalue weighted by molar-refractivity contribution is 7.10. The van der Waals surface area contributed by atoms with Crippen molar-refractivity contribution in [1.29, 1.82) is 0 Å². The molecule has 94 valence electrons. The number of carboxylic acid groups (broad SMARTS) is 1. The number of rotatable bonds is 2. The molecule has 0 unspecified atom stereocenters. The fourth-order valence-corrected chi connectivity index (χ4v) is 2.38. The molecule has 18 heavy (non-hydrogen) atoms. The first kappa shape index (κ1) is 12.6. The number of benzene rings is 1. The lowest BCUT2D eigenvalue weighted by atomic mass is 10.1. The van der Waals surface area contributed by atoms with Gasteiger partial charge in [-0.1, -0.05) is 30.3 Å². The van der Waals surface area contributed by atoms with Crippen LogP contribution in [0.5, 0.6) is 0 Å². The Morgan fingerprint density at radius 3 is 2.33 bits per heavy atom. The van der Waals surface area contributed by atoms with Crippen LogP contribution in [0.4, 0.5) is 13.2 Å². The van der Waals surface area contributed by atoms with E-state index >= 15 is 0 Å². The number of halogens is 3.